The third-order valence-electron chi connectivity index (χ3n) is 1.93. The highest BCUT2D eigenvalue weighted by molar-refractivity contribution is 9.15. The van der Waals surface area contributed by atoms with E-state index in [1.165, 1.54) is 0 Å². The summed E-state index contributed by atoms with van der Waals surface area (Å²) in [4.78, 5) is 22.1. The van der Waals surface area contributed by atoms with Crippen molar-refractivity contribution in [3.63, 3.8) is 0 Å². The second-order valence-corrected chi connectivity index (χ2v) is 3.83. The SMILES string of the molecule is CCOC(=O)C(NC=O)=C(Br)c1ccccc1. The van der Waals surface area contributed by atoms with Gasteiger partial charge < -0.3 is 10.1 Å². The molecule has 0 aromatic heterocycles. The second-order valence-electron chi connectivity index (χ2n) is 3.04. The monoisotopic (exact) mass is 297 g/mol. The van der Waals surface area contributed by atoms with Crippen molar-refractivity contribution >= 4 is 32.8 Å². The number of amides is 1. The molecule has 0 fully saturated rings. The largest absolute Gasteiger partial charge is 0.461 e. The molecule has 1 amide bonds. The minimum absolute atomic E-state index is 0.0908. The molecule has 0 aliphatic heterocycles. The molecule has 0 aliphatic carbocycles. The van der Waals surface area contributed by atoms with Crippen LogP contribution in [-0.2, 0) is 14.3 Å². The molecule has 17 heavy (non-hydrogen) atoms. The van der Waals surface area contributed by atoms with E-state index in [4.69, 9.17) is 4.74 Å². The summed E-state index contributed by atoms with van der Waals surface area (Å²) < 4.78 is 5.34. The molecule has 0 radical (unpaired) electrons. The van der Waals surface area contributed by atoms with Crippen LogP contribution in [0.5, 0.6) is 0 Å². The average molecular weight is 298 g/mol. The molecular formula is C12H12BrNO3. The van der Waals surface area contributed by atoms with Crippen molar-refractivity contribution < 1.29 is 14.3 Å². The first-order valence-electron chi connectivity index (χ1n) is 5.03. The zero-order chi connectivity index (χ0) is 12.7. The lowest BCUT2D eigenvalue weighted by Crippen LogP contribution is -2.22. The van der Waals surface area contributed by atoms with Crippen molar-refractivity contribution in [3.05, 3.63) is 41.6 Å². The molecule has 0 heterocycles. The van der Waals surface area contributed by atoms with Crippen molar-refractivity contribution in [1.82, 2.24) is 5.32 Å². The van der Waals surface area contributed by atoms with Gasteiger partial charge in [-0.15, -0.1) is 0 Å². The lowest BCUT2D eigenvalue weighted by Gasteiger charge is -2.08. The van der Waals surface area contributed by atoms with Crippen LogP contribution in [-0.4, -0.2) is 19.0 Å². The third kappa shape index (κ3) is 3.71. The normalized spacial score (nSPS) is 11.4. The standard InChI is InChI=1S/C12H12BrNO3/c1-2-17-12(16)11(14-8-15)10(13)9-6-4-3-5-7-9/h3-8H,2H2,1H3,(H,14,15). The smallest absolute Gasteiger partial charge is 0.356 e. The lowest BCUT2D eigenvalue weighted by atomic mass is 10.2. The van der Waals surface area contributed by atoms with Gasteiger partial charge in [-0.3, -0.25) is 4.79 Å². The first-order chi connectivity index (χ1) is 8.20. The van der Waals surface area contributed by atoms with Crippen LogP contribution in [0.15, 0.2) is 36.0 Å². The maximum Gasteiger partial charge on any atom is 0.356 e. The van der Waals surface area contributed by atoms with Crippen molar-refractivity contribution in [2.75, 3.05) is 6.61 Å². The molecule has 1 aromatic carbocycles. The Bertz CT molecular complexity index is 429. The number of rotatable bonds is 5. The minimum Gasteiger partial charge on any atom is -0.461 e. The summed E-state index contributed by atoms with van der Waals surface area (Å²) in [6.45, 7) is 1.95. The van der Waals surface area contributed by atoms with E-state index in [9.17, 15) is 9.59 Å². The molecule has 0 saturated carbocycles. The Labute approximate surface area is 108 Å². The Morgan fingerprint density at radius 3 is 2.59 bits per heavy atom. The Hall–Kier alpha value is -1.62. The van der Waals surface area contributed by atoms with Gasteiger partial charge >= 0.3 is 5.97 Å². The van der Waals surface area contributed by atoms with Gasteiger partial charge in [-0.05, 0) is 28.4 Å². The Morgan fingerprint density at radius 1 is 1.41 bits per heavy atom. The van der Waals surface area contributed by atoms with E-state index in [1.807, 2.05) is 30.3 Å². The summed E-state index contributed by atoms with van der Waals surface area (Å²) in [6.07, 6.45) is 0.441. The summed E-state index contributed by atoms with van der Waals surface area (Å²) in [5.74, 6) is -0.574. The fraction of sp³-hybridized carbons (Fsp3) is 0.167. The molecule has 0 unspecified atom stereocenters. The predicted octanol–water partition coefficient (Wildman–Crippen LogP) is 2.06. The number of esters is 1. The van der Waals surface area contributed by atoms with E-state index in [-0.39, 0.29) is 12.3 Å². The molecule has 1 rings (SSSR count). The first-order valence-corrected chi connectivity index (χ1v) is 5.82. The number of halogens is 1. The van der Waals surface area contributed by atoms with Gasteiger partial charge in [-0.2, -0.15) is 0 Å². The van der Waals surface area contributed by atoms with Gasteiger partial charge in [0, 0.05) is 0 Å². The van der Waals surface area contributed by atoms with E-state index in [0.29, 0.717) is 10.9 Å². The van der Waals surface area contributed by atoms with Crippen LogP contribution in [0, 0.1) is 0 Å². The molecule has 0 bridgehead atoms. The number of nitrogens with one attached hydrogen (secondary N) is 1. The summed E-state index contributed by atoms with van der Waals surface area (Å²) in [7, 11) is 0. The molecule has 0 atom stereocenters. The van der Waals surface area contributed by atoms with E-state index >= 15 is 0 Å². The van der Waals surface area contributed by atoms with Crippen LogP contribution < -0.4 is 5.32 Å². The van der Waals surface area contributed by atoms with Gasteiger partial charge in [-0.25, -0.2) is 4.79 Å². The Balaban J connectivity index is 3.10. The highest BCUT2D eigenvalue weighted by Gasteiger charge is 2.15. The summed E-state index contributed by atoms with van der Waals surface area (Å²) >= 11 is 3.28. The Kier molecular flexibility index (Phi) is 5.42. The van der Waals surface area contributed by atoms with Gasteiger partial charge in [0.05, 0.1) is 11.1 Å². The predicted molar refractivity (Wildman–Crippen MR) is 68.1 cm³/mol. The van der Waals surface area contributed by atoms with Gasteiger partial charge in [0.2, 0.25) is 6.41 Å². The van der Waals surface area contributed by atoms with Crippen molar-refractivity contribution in [2.24, 2.45) is 0 Å². The number of benzene rings is 1. The summed E-state index contributed by atoms with van der Waals surface area (Å²) in [5, 5.41) is 2.34. The number of carbonyl (C=O) groups is 2. The van der Waals surface area contributed by atoms with E-state index in [1.54, 1.807) is 6.92 Å². The molecule has 4 nitrogen and oxygen atoms in total. The van der Waals surface area contributed by atoms with Crippen LogP contribution in [0.4, 0.5) is 0 Å². The number of hydrogen-bond acceptors (Lipinski definition) is 3. The van der Waals surface area contributed by atoms with Crippen molar-refractivity contribution in [3.8, 4) is 0 Å². The fourth-order valence-electron chi connectivity index (χ4n) is 1.20. The van der Waals surface area contributed by atoms with Crippen LogP contribution in [0.3, 0.4) is 0 Å². The molecular weight excluding hydrogens is 286 g/mol. The molecule has 1 N–H and O–H groups in total. The van der Waals surface area contributed by atoms with Crippen molar-refractivity contribution in [1.29, 1.82) is 0 Å². The topological polar surface area (TPSA) is 55.4 Å². The van der Waals surface area contributed by atoms with Crippen LogP contribution in [0.1, 0.15) is 12.5 Å². The molecule has 90 valence electrons. The van der Waals surface area contributed by atoms with Crippen LogP contribution >= 0.6 is 15.9 Å². The van der Waals surface area contributed by atoms with Crippen molar-refractivity contribution in [2.45, 2.75) is 6.92 Å². The number of carbonyl (C=O) groups excluding carboxylic acids is 2. The quantitative estimate of drug-likeness (QED) is 0.514. The minimum atomic E-state index is -0.574. The molecule has 0 saturated heterocycles. The van der Waals surface area contributed by atoms with E-state index in [0.717, 1.165) is 5.56 Å². The fourth-order valence-corrected chi connectivity index (χ4v) is 1.74. The Morgan fingerprint density at radius 2 is 2.06 bits per heavy atom. The number of hydrogen-bond donors (Lipinski definition) is 1. The second kappa shape index (κ2) is 6.85. The summed E-state index contributed by atoms with van der Waals surface area (Å²) in [5.41, 5.74) is 0.873. The van der Waals surface area contributed by atoms with Crippen LogP contribution in [0.25, 0.3) is 4.48 Å². The van der Waals surface area contributed by atoms with Gasteiger partial charge in [0.15, 0.2) is 0 Å². The van der Waals surface area contributed by atoms with E-state index < -0.39 is 5.97 Å². The first kappa shape index (κ1) is 13.4. The highest BCUT2D eigenvalue weighted by atomic mass is 79.9. The lowest BCUT2D eigenvalue weighted by molar-refractivity contribution is -0.139. The number of ether oxygens (including phenoxy) is 1. The zero-order valence-corrected chi connectivity index (χ0v) is 10.9. The molecule has 0 spiro atoms. The van der Waals surface area contributed by atoms with Gasteiger partial charge in [-0.1, -0.05) is 30.3 Å². The average Bonchev–Trinajstić information content (AvgIpc) is 2.36. The van der Waals surface area contributed by atoms with Gasteiger partial charge in [0.1, 0.15) is 5.70 Å². The third-order valence-corrected chi connectivity index (χ3v) is 2.78. The molecule has 0 aliphatic rings. The molecule has 5 heteroatoms. The van der Waals surface area contributed by atoms with Gasteiger partial charge in [0.25, 0.3) is 0 Å². The maximum atomic E-state index is 11.6. The van der Waals surface area contributed by atoms with E-state index in [2.05, 4.69) is 21.2 Å². The summed E-state index contributed by atoms with van der Waals surface area (Å²) in [6, 6.07) is 9.16. The zero-order valence-electron chi connectivity index (χ0n) is 9.27. The molecule has 1 aromatic rings. The van der Waals surface area contributed by atoms with Crippen LogP contribution in [0.2, 0.25) is 0 Å². The maximum absolute atomic E-state index is 11.6. The highest BCUT2D eigenvalue weighted by Crippen LogP contribution is 2.24.